The fraction of sp³-hybridized carbons (Fsp3) is 0.133. The number of sulfone groups is 1. The normalized spacial score (nSPS) is 11.0. The number of carbonyl (C=O) groups excluding carboxylic acids is 1. The molecule has 0 bridgehead atoms. The van der Waals surface area contributed by atoms with Gasteiger partial charge >= 0.3 is 0 Å². The first-order valence-electron chi connectivity index (χ1n) is 6.94. The van der Waals surface area contributed by atoms with Gasteiger partial charge in [0.15, 0.2) is 9.84 Å². The van der Waals surface area contributed by atoms with Crippen LogP contribution in [0.1, 0.15) is 0 Å². The summed E-state index contributed by atoms with van der Waals surface area (Å²) < 4.78 is 24.3. The number of amides is 1. The summed E-state index contributed by atoms with van der Waals surface area (Å²) in [5, 5.41) is 16.3. The smallest absolute Gasteiger partial charge is 0.288 e. The Labute approximate surface area is 152 Å². The van der Waals surface area contributed by atoms with Crippen molar-refractivity contribution in [2.45, 2.75) is 4.90 Å². The van der Waals surface area contributed by atoms with E-state index in [-0.39, 0.29) is 18.1 Å². The van der Waals surface area contributed by atoms with Crippen LogP contribution in [0.25, 0.3) is 0 Å². The van der Waals surface area contributed by atoms with Gasteiger partial charge in [-0.05, 0) is 36.4 Å². The van der Waals surface area contributed by atoms with E-state index >= 15 is 0 Å². The summed E-state index contributed by atoms with van der Waals surface area (Å²) >= 11 is 3.29. The summed E-state index contributed by atoms with van der Waals surface area (Å²) in [6.07, 6.45) is 0.888. The Morgan fingerprint density at radius 3 is 2.32 bits per heavy atom. The topological polar surface area (TPSA) is 118 Å². The third kappa shape index (κ3) is 5.26. The molecule has 0 aliphatic carbocycles. The summed E-state index contributed by atoms with van der Waals surface area (Å²) in [5.74, 6) is -0.346. The predicted octanol–water partition coefficient (Wildman–Crippen LogP) is 2.81. The van der Waals surface area contributed by atoms with E-state index in [2.05, 4.69) is 26.6 Å². The number of nitrogens with one attached hydrogen (secondary N) is 2. The minimum atomic E-state index is -3.78. The summed E-state index contributed by atoms with van der Waals surface area (Å²) in [5.41, 5.74) is 0.389. The molecule has 8 nitrogen and oxygen atoms in total. The lowest BCUT2D eigenvalue weighted by Crippen LogP contribution is -2.21. The number of nitro groups is 1. The molecule has 2 aromatic carbocycles. The van der Waals surface area contributed by atoms with E-state index in [1.165, 1.54) is 6.07 Å². The highest BCUT2D eigenvalue weighted by Crippen LogP contribution is 2.26. The largest absolute Gasteiger partial charge is 0.376 e. The average Bonchev–Trinajstić information content (AvgIpc) is 2.54. The number of benzene rings is 2. The zero-order valence-corrected chi connectivity index (χ0v) is 15.4. The summed E-state index contributed by atoms with van der Waals surface area (Å²) in [7, 11) is -3.78. The number of nitro benzene ring substituents is 1. The van der Waals surface area contributed by atoms with Crippen LogP contribution in [0.5, 0.6) is 0 Å². The number of anilines is 2. The Hall–Kier alpha value is -2.46. The Morgan fingerprint density at radius 1 is 1.16 bits per heavy atom. The third-order valence-electron chi connectivity index (χ3n) is 3.14. The molecule has 0 aliphatic rings. The first-order chi connectivity index (χ1) is 11.7. The molecule has 25 heavy (non-hydrogen) atoms. The van der Waals surface area contributed by atoms with Crippen molar-refractivity contribution in [2.75, 3.05) is 23.4 Å². The van der Waals surface area contributed by atoms with Crippen molar-refractivity contribution in [3.05, 3.63) is 57.1 Å². The monoisotopic (exact) mass is 427 g/mol. The number of nitrogens with zero attached hydrogens (tertiary/aromatic N) is 1. The van der Waals surface area contributed by atoms with Crippen molar-refractivity contribution in [1.82, 2.24) is 0 Å². The number of hydrogen-bond donors (Lipinski definition) is 2. The van der Waals surface area contributed by atoms with E-state index in [4.69, 9.17) is 0 Å². The molecular formula is C15H14BrN3O5S. The van der Waals surface area contributed by atoms with Crippen LogP contribution in [-0.4, -0.2) is 32.0 Å². The quantitative estimate of drug-likeness (QED) is 0.540. The molecule has 0 heterocycles. The lowest BCUT2D eigenvalue weighted by molar-refractivity contribution is -0.387. The first-order valence-corrected chi connectivity index (χ1v) is 9.63. The number of hydrogen-bond acceptors (Lipinski definition) is 6. The molecule has 0 radical (unpaired) electrons. The second-order valence-electron chi connectivity index (χ2n) is 5.12. The van der Waals surface area contributed by atoms with Gasteiger partial charge in [0.1, 0.15) is 4.90 Å². The SMILES string of the molecule is CS(=O)(=O)c1cc(NCC(=O)Nc2ccc(Br)cc2)ccc1[N+](=O)[O-]. The van der Waals surface area contributed by atoms with Crippen LogP contribution in [-0.2, 0) is 14.6 Å². The first kappa shape index (κ1) is 18.9. The number of carbonyl (C=O) groups is 1. The van der Waals surface area contributed by atoms with Gasteiger partial charge in [0.25, 0.3) is 5.69 Å². The van der Waals surface area contributed by atoms with Gasteiger partial charge < -0.3 is 10.6 Å². The van der Waals surface area contributed by atoms with Crippen LogP contribution in [0.3, 0.4) is 0 Å². The predicted molar refractivity (Wildman–Crippen MR) is 97.5 cm³/mol. The van der Waals surface area contributed by atoms with Crippen molar-refractivity contribution in [1.29, 1.82) is 0 Å². The van der Waals surface area contributed by atoms with E-state index in [1.54, 1.807) is 24.3 Å². The average molecular weight is 428 g/mol. The Morgan fingerprint density at radius 2 is 1.76 bits per heavy atom. The van der Waals surface area contributed by atoms with E-state index in [0.717, 1.165) is 22.9 Å². The second-order valence-corrected chi connectivity index (χ2v) is 8.02. The third-order valence-corrected chi connectivity index (χ3v) is 4.79. The zero-order chi connectivity index (χ0) is 18.6. The zero-order valence-electron chi connectivity index (χ0n) is 13.0. The maximum atomic E-state index is 11.9. The van der Waals surface area contributed by atoms with E-state index < -0.39 is 25.3 Å². The molecule has 2 aromatic rings. The van der Waals surface area contributed by atoms with Crippen LogP contribution in [0.15, 0.2) is 51.8 Å². The highest BCUT2D eigenvalue weighted by Gasteiger charge is 2.22. The lowest BCUT2D eigenvalue weighted by Gasteiger charge is -2.09. The Balaban J connectivity index is 2.09. The number of halogens is 1. The van der Waals surface area contributed by atoms with Crippen LogP contribution in [0, 0.1) is 10.1 Å². The van der Waals surface area contributed by atoms with Crippen molar-refractivity contribution < 1.29 is 18.1 Å². The molecule has 1 amide bonds. The molecule has 0 spiro atoms. The molecule has 2 N–H and O–H groups in total. The summed E-state index contributed by atoms with van der Waals surface area (Å²) in [4.78, 5) is 21.7. The van der Waals surface area contributed by atoms with E-state index in [0.29, 0.717) is 5.69 Å². The fourth-order valence-corrected chi connectivity index (χ4v) is 3.12. The minimum absolute atomic E-state index is 0.128. The summed E-state index contributed by atoms with van der Waals surface area (Å²) in [6.45, 7) is -0.128. The van der Waals surface area contributed by atoms with Gasteiger partial charge in [0.2, 0.25) is 5.91 Å². The minimum Gasteiger partial charge on any atom is -0.376 e. The van der Waals surface area contributed by atoms with Crippen LogP contribution in [0.2, 0.25) is 0 Å². The highest BCUT2D eigenvalue weighted by atomic mass is 79.9. The van der Waals surface area contributed by atoms with Gasteiger partial charge in [-0.2, -0.15) is 0 Å². The molecule has 0 atom stereocenters. The molecular weight excluding hydrogens is 414 g/mol. The van der Waals surface area contributed by atoms with Gasteiger partial charge in [-0.15, -0.1) is 0 Å². The maximum Gasteiger partial charge on any atom is 0.288 e. The van der Waals surface area contributed by atoms with Crippen molar-refractivity contribution in [2.24, 2.45) is 0 Å². The van der Waals surface area contributed by atoms with E-state index in [9.17, 15) is 23.3 Å². The van der Waals surface area contributed by atoms with Crippen LogP contribution >= 0.6 is 15.9 Å². The van der Waals surface area contributed by atoms with Crippen LogP contribution < -0.4 is 10.6 Å². The molecule has 0 saturated carbocycles. The Kier molecular flexibility index (Phi) is 5.75. The molecule has 0 aromatic heterocycles. The highest BCUT2D eigenvalue weighted by molar-refractivity contribution is 9.10. The van der Waals surface area contributed by atoms with Gasteiger partial charge in [0.05, 0.1) is 11.5 Å². The van der Waals surface area contributed by atoms with E-state index in [1.807, 2.05) is 0 Å². The van der Waals surface area contributed by atoms with Gasteiger partial charge in [0, 0.05) is 28.2 Å². The molecule has 0 saturated heterocycles. The number of rotatable bonds is 6. The molecule has 0 aliphatic heterocycles. The summed E-state index contributed by atoms with van der Waals surface area (Å²) in [6, 6.07) is 10.6. The van der Waals surface area contributed by atoms with Crippen molar-refractivity contribution >= 4 is 48.7 Å². The molecule has 2 rings (SSSR count). The van der Waals surface area contributed by atoms with Gasteiger partial charge in [-0.3, -0.25) is 14.9 Å². The molecule has 132 valence electrons. The Bertz CT molecular complexity index is 913. The second kappa shape index (κ2) is 7.62. The standard InChI is InChI=1S/C15H14BrN3O5S/c1-25(23,24)14-8-12(6-7-13(14)19(21)22)17-9-15(20)18-11-4-2-10(16)3-5-11/h2-8,17H,9H2,1H3,(H,18,20). The van der Waals surface area contributed by atoms with Gasteiger partial charge in [-0.25, -0.2) is 8.42 Å². The van der Waals surface area contributed by atoms with Crippen molar-refractivity contribution in [3.8, 4) is 0 Å². The molecule has 0 unspecified atom stereocenters. The van der Waals surface area contributed by atoms with Gasteiger partial charge in [-0.1, -0.05) is 15.9 Å². The molecule has 10 heteroatoms. The fourth-order valence-electron chi connectivity index (χ4n) is 1.99. The van der Waals surface area contributed by atoms with Crippen molar-refractivity contribution in [3.63, 3.8) is 0 Å². The maximum absolute atomic E-state index is 11.9. The molecule has 0 fully saturated rings. The lowest BCUT2D eigenvalue weighted by atomic mass is 10.3. The van der Waals surface area contributed by atoms with Crippen LogP contribution in [0.4, 0.5) is 17.1 Å².